The van der Waals surface area contributed by atoms with Crippen LogP contribution in [0.1, 0.15) is 15.9 Å². The van der Waals surface area contributed by atoms with E-state index in [2.05, 4.69) is 0 Å². The number of hydrogen-bond acceptors (Lipinski definition) is 2. The molecule has 0 saturated carbocycles. The average Bonchev–Trinajstić information content (AvgIpc) is 2.02. The second kappa shape index (κ2) is 4.93. The summed E-state index contributed by atoms with van der Waals surface area (Å²) in [7, 11) is 0. The molecule has 1 N–H and O–H groups in total. The predicted octanol–water partition coefficient (Wildman–Crippen LogP) is 3.07. The van der Waals surface area contributed by atoms with Gasteiger partial charge in [0, 0.05) is 10.7 Å². The van der Waals surface area contributed by atoms with Crippen molar-refractivity contribution >= 4 is 73.7 Å². The van der Waals surface area contributed by atoms with Gasteiger partial charge in [0.15, 0.2) is 0 Å². The molecule has 0 heterocycles. The molecule has 0 aliphatic heterocycles. The number of halogens is 3. The summed E-state index contributed by atoms with van der Waals surface area (Å²) in [5, 5.41) is 17.8. The summed E-state index contributed by atoms with van der Waals surface area (Å²) in [4.78, 5) is 10.9. The Kier molecular flexibility index (Phi) is 4.38. The van der Waals surface area contributed by atoms with Crippen LogP contribution >= 0.6 is 67.8 Å². The summed E-state index contributed by atoms with van der Waals surface area (Å²) >= 11 is 5.88. The first-order chi connectivity index (χ1) is 6.49. The van der Waals surface area contributed by atoms with Crippen LogP contribution in [0.15, 0.2) is 6.07 Å². The second-order valence-corrected chi connectivity index (χ2v) is 5.72. The van der Waals surface area contributed by atoms with Crippen molar-refractivity contribution in [2.75, 3.05) is 0 Å². The van der Waals surface area contributed by atoms with Crippen LogP contribution in [0.25, 0.3) is 0 Å². The molecule has 0 spiro atoms. The van der Waals surface area contributed by atoms with Crippen molar-refractivity contribution in [1.29, 1.82) is 5.26 Å². The summed E-state index contributed by atoms with van der Waals surface area (Å²) in [6.45, 7) is 0. The molecule has 0 fully saturated rings. The minimum Gasteiger partial charge on any atom is -0.478 e. The van der Waals surface area contributed by atoms with Gasteiger partial charge in [0.2, 0.25) is 0 Å². The fourth-order valence-electron chi connectivity index (χ4n) is 0.889. The van der Waals surface area contributed by atoms with Crippen LogP contribution < -0.4 is 0 Å². The van der Waals surface area contributed by atoms with E-state index in [1.807, 2.05) is 73.8 Å². The molecule has 72 valence electrons. The number of aromatic carboxylic acids is 1. The van der Waals surface area contributed by atoms with E-state index in [4.69, 9.17) is 10.4 Å². The van der Waals surface area contributed by atoms with Crippen molar-refractivity contribution in [3.63, 3.8) is 0 Å². The van der Waals surface area contributed by atoms with Crippen LogP contribution in [0.5, 0.6) is 0 Å². The molecule has 1 rings (SSSR count). The number of hydrogen-bond donors (Lipinski definition) is 1. The molecular weight excluding hydrogens is 523 g/mol. The van der Waals surface area contributed by atoms with E-state index in [0.717, 1.165) is 3.57 Å². The normalized spacial score (nSPS) is 9.57. The molecule has 3 nitrogen and oxygen atoms in total. The average molecular weight is 525 g/mol. The molecule has 0 aliphatic rings. The number of nitrogens with zero attached hydrogens (tertiary/aromatic N) is 1. The van der Waals surface area contributed by atoms with Gasteiger partial charge >= 0.3 is 5.97 Å². The van der Waals surface area contributed by atoms with Gasteiger partial charge in [0.05, 0.1) is 11.1 Å². The zero-order valence-corrected chi connectivity index (χ0v) is 13.0. The van der Waals surface area contributed by atoms with Gasteiger partial charge in [-0.25, -0.2) is 4.79 Å². The van der Waals surface area contributed by atoms with Gasteiger partial charge in [-0.15, -0.1) is 0 Å². The van der Waals surface area contributed by atoms with Crippen molar-refractivity contribution in [2.45, 2.75) is 0 Å². The maximum absolute atomic E-state index is 10.9. The Morgan fingerprint density at radius 3 is 2.36 bits per heavy atom. The maximum Gasteiger partial charge on any atom is 0.337 e. The Hall–Kier alpha value is 0.370. The van der Waals surface area contributed by atoms with Crippen LogP contribution in [-0.4, -0.2) is 11.1 Å². The van der Waals surface area contributed by atoms with E-state index >= 15 is 0 Å². The fourth-order valence-corrected chi connectivity index (χ4v) is 4.96. The van der Waals surface area contributed by atoms with Crippen molar-refractivity contribution in [3.8, 4) is 6.07 Å². The van der Waals surface area contributed by atoms with Crippen molar-refractivity contribution in [1.82, 2.24) is 0 Å². The molecule has 1 aromatic rings. The van der Waals surface area contributed by atoms with Gasteiger partial charge < -0.3 is 5.11 Å². The zero-order valence-electron chi connectivity index (χ0n) is 6.51. The highest BCUT2D eigenvalue weighted by Crippen LogP contribution is 2.26. The molecule has 0 aliphatic carbocycles. The Morgan fingerprint density at radius 1 is 1.36 bits per heavy atom. The Labute approximate surface area is 121 Å². The molecule has 0 amide bonds. The van der Waals surface area contributed by atoms with Gasteiger partial charge in [-0.1, -0.05) is 0 Å². The number of carbonyl (C=O) groups is 1. The molecule has 6 heteroatoms. The van der Waals surface area contributed by atoms with Crippen LogP contribution in [0.3, 0.4) is 0 Å². The lowest BCUT2D eigenvalue weighted by Crippen LogP contribution is -2.06. The zero-order chi connectivity index (χ0) is 10.9. The third kappa shape index (κ3) is 2.30. The SMILES string of the molecule is N#Cc1c(I)cc(I)c(C(=O)O)c1I. The lowest BCUT2D eigenvalue weighted by atomic mass is 10.1. The Balaban J connectivity index is 3.62. The van der Waals surface area contributed by atoms with E-state index in [1.165, 1.54) is 0 Å². The van der Waals surface area contributed by atoms with Gasteiger partial charge in [0.1, 0.15) is 6.07 Å². The summed E-state index contributed by atoms with van der Waals surface area (Å²) in [5.74, 6) is -0.994. The van der Waals surface area contributed by atoms with E-state index < -0.39 is 5.97 Å². The third-order valence-corrected chi connectivity index (χ3v) is 4.28. The van der Waals surface area contributed by atoms with Gasteiger partial charge in [-0.3, -0.25) is 0 Å². The smallest absolute Gasteiger partial charge is 0.337 e. The van der Waals surface area contributed by atoms with Crippen LogP contribution in [0.2, 0.25) is 0 Å². The van der Waals surface area contributed by atoms with E-state index in [-0.39, 0.29) is 5.56 Å². The van der Waals surface area contributed by atoms with Crippen molar-refractivity contribution < 1.29 is 9.90 Å². The first kappa shape index (κ1) is 12.4. The Morgan fingerprint density at radius 2 is 1.93 bits per heavy atom. The lowest BCUT2D eigenvalue weighted by Gasteiger charge is -2.05. The quantitative estimate of drug-likeness (QED) is 0.575. The standard InChI is InChI=1S/C8H2I3NO2/c9-4-1-5(10)6(8(13)14)7(11)3(4)2-12/h1H,(H,13,14). The summed E-state index contributed by atoms with van der Waals surface area (Å²) in [6, 6.07) is 3.70. The molecule has 0 bridgehead atoms. The fraction of sp³-hybridized carbons (Fsp3) is 0. The molecule has 0 aromatic heterocycles. The molecule has 0 saturated heterocycles. The summed E-state index contributed by atoms with van der Waals surface area (Å²) < 4.78 is 1.95. The second-order valence-electron chi connectivity index (χ2n) is 2.32. The third-order valence-electron chi connectivity index (χ3n) is 1.50. The van der Waals surface area contributed by atoms with E-state index in [9.17, 15) is 4.79 Å². The molecule has 14 heavy (non-hydrogen) atoms. The maximum atomic E-state index is 10.9. The number of carboxylic acid groups (broad SMARTS) is 1. The highest BCUT2D eigenvalue weighted by atomic mass is 127. The van der Waals surface area contributed by atoms with Gasteiger partial charge in [-0.05, 0) is 73.8 Å². The minimum absolute atomic E-state index is 0.211. The summed E-state index contributed by atoms with van der Waals surface area (Å²) in [6.07, 6.45) is 0. The molecular formula is C8H2I3NO2. The van der Waals surface area contributed by atoms with E-state index in [1.54, 1.807) is 6.07 Å². The number of nitriles is 1. The lowest BCUT2D eigenvalue weighted by molar-refractivity contribution is 0.0694. The van der Waals surface area contributed by atoms with Gasteiger partial charge in [0.25, 0.3) is 0 Å². The van der Waals surface area contributed by atoms with E-state index in [0.29, 0.717) is 12.7 Å². The largest absolute Gasteiger partial charge is 0.478 e. The topological polar surface area (TPSA) is 61.1 Å². The predicted molar refractivity (Wildman–Crippen MR) is 76.3 cm³/mol. The Bertz CT molecular complexity index is 451. The van der Waals surface area contributed by atoms with Crippen molar-refractivity contribution in [2.24, 2.45) is 0 Å². The highest BCUT2D eigenvalue weighted by Gasteiger charge is 2.18. The number of rotatable bonds is 1. The van der Waals surface area contributed by atoms with Crippen LogP contribution in [0.4, 0.5) is 0 Å². The minimum atomic E-state index is -0.994. The van der Waals surface area contributed by atoms with Crippen molar-refractivity contribution in [3.05, 3.63) is 27.9 Å². The number of carboxylic acids is 1. The highest BCUT2D eigenvalue weighted by molar-refractivity contribution is 14.1. The number of benzene rings is 1. The van der Waals surface area contributed by atoms with Crippen LogP contribution in [-0.2, 0) is 0 Å². The molecule has 0 radical (unpaired) electrons. The molecule has 1 aromatic carbocycles. The monoisotopic (exact) mass is 525 g/mol. The van der Waals surface area contributed by atoms with Crippen LogP contribution in [0, 0.1) is 22.0 Å². The van der Waals surface area contributed by atoms with Gasteiger partial charge in [-0.2, -0.15) is 5.26 Å². The first-order valence-electron chi connectivity index (χ1n) is 3.30. The molecule has 0 unspecified atom stereocenters. The molecule has 0 atom stereocenters. The summed E-state index contributed by atoms with van der Waals surface area (Å²) in [5.41, 5.74) is 0.646. The first-order valence-corrected chi connectivity index (χ1v) is 6.53.